The van der Waals surface area contributed by atoms with Gasteiger partial charge in [-0.3, -0.25) is 0 Å². The Morgan fingerprint density at radius 1 is 1.19 bits per heavy atom. The van der Waals surface area contributed by atoms with Crippen LogP contribution in [0, 0.1) is 17.1 Å². The average molecular weight is 301 g/mol. The number of benzene rings is 2. The molecule has 0 radical (unpaired) electrons. The van der Waals surface area contributed by atoms with Gasteiger partial charge in [0.15, 0.2) is 0 Å². The predicted molar refractivity (Wildman–Crippen MR) is 82.0 cm³/mol. The summed E-state index contributed by atoms with van der Waals surface area (Å²) in [6, 6.07) is 14.7. The average Bonchev–Trinajstić information content (AvgIpc) is 2.44. The lowest BCUT2D eigenvalue weighted by atomic mass is 9.76. The molecule has 0 saturated heterocycles. The number of hydrogen-bond acceptors (Lipinski definition) is 2. The van der Waals surface area contributed by atoms with Crippen molar-refractivity contribution in [3.8, 4) is 6.07 Å². The van der Waals surface area contributed by atoms with E-state index in [4.69, 9.17) is 16.9 Å². The monoisotopic (exact) mass is 300 g/mol. The predicted octanol–water partition coefficient (Wildman–Crippen LogP) is 4.71. The lowest BCUT2D eigenvalue weighted by Crippen LogP contribution is -2.34. The van der Waals surface area contributed by atoms with Crippen molar-refractivity contribution in [3.63, 3.8) is 0 Å². The Hall–Kier alpha value is -2.05. The maximum Gasteiger partial charge on any atom is 0.141 e. The standard InChI is InChI=1S/C17H14ClFN2/c18-14-3-1-2-11(6-14)12-7-16(8-12)21-15-4-5-17(19)13(9-15)10-20/h1-6,9,12,16,21H,7-8H2. The Morgan fingerprint density at radius 2 is 2.00 bits per heavy atom. The molecule has 0 spiro atoms. The summed E-state index contributed by atoms with van der Waals surface area (Å²) in [4.78, 5) is 0. The summed E-state index contributed by atoms with van der Waals surface area (Å²) < 4.78 is 13.3. The molecular formula is C17H14ClFN2. The van der Waals surface area contributed by atoms with E-state index in [2.05, 4.69) is 11.4 Å². The molecule has 0 aliphatic heterocycles. The van der Waals surface area contributed by atoms with Crippen molar-refractivity contribution < 1.29 is 4.39 Å². The van der Waals surface area contributed by atoms with Gasteiger partial charge in [-0.05, 0) is 54.7 Å². The number of nitrogens with one attached hydrogen (secondary N) is 1. The van der Waals surface area contributed by atoms with Crippen molar-refractivity contribution in [2.75, 3.05) is 5.32 Å². The largest absolute Gasteiger partial charge is 0.382 e. The molecule has 0 heterocycles. The fourth-order valence-electron chi connectivity index (χ4n) is 2.70. The summed E-state index contributed by atoms with van der Waals surface area (Å²) in [6.45, 7) is 0. The lowest BCUT2D eigenvalue weighted by molar-refractivity contribution is 0.374. The lowest BCUT2D eigenvalue weighted by Gasteiger charge is -2.37. The number of halogens is 2. The van der Waals surface area contributed by atoms with Gasteiger partial charge in [-0.2, -0.15) is 5.26 Å². The topological polar surface area (TPSA) is 35.8 Å². The molecule has 0 bridgehead atoms. The minimum Gasteiger partial charge on any atom is -0.382 e. The second-order valence-corrected chi connectivity index (χ2v) is 5.81. The van der Waals surface area contributed by atoms with E-state index < -0.39 is 5.82 Å². The van der Waals surface area contributed by atoms with Gasteiger partial charge in [0.2, 0.25) is 0 Å². The first kappa shape index (κ1) is 13.9. The van der Waals surface area contributed by atoms with E-state index in [0.717, 1.165) is 23.6 Å². The number of anilines is 1. The molecular weight excluding hydrogens is 287 g/mol. The van der Waals surface area contributed by atoms with Crippen LogP contribution >= 0.6 is 11.6 Å². The van der Waals surface area contributed by atoms with E-state index in [-0.39, 0.29) is 5.56 Å². The third kappa shape index (κ3) is 3.01. The summed E-state index contributed by atoms with van der Waals surface area (Å²) in [7, 11) is 0. The molecule has 1 fully saturated rings. The Bertz CT molecular complexity index is 702. The second-order valence-electron chi connectivity index (χ2n) is 5.37. The van der Waals surface area contributed by atoms with E-state index in [9.17, 15) is 4.39 Å². The Balaban J connectivity index is 1.61. The fourth-order valence-corrected chi connectivity index (χ4v) is 2.90. The zero-order valence-electron chi connectivity index (χ0n) is 11.3. The van der Waals surface area contributed by atoms with Gasteiger partial charge in [-0.25, -0.2) is 4.39 Å². The van der Waals surface area contributed by atoms with E-state index >= 15 is 0 Å². The first-order valence-electron chi connectivity index (χ1n) is 6.87. The third-order valence-corrected chi connectivity index (χ3v) is 4.15. The molecule has 1 N–H and O–H groups in total. The molecule has 0 unspecified atom stereocenters. The summed E-state index contributed by atoms with van der Waals surface area (Å²) >= 11 is 6.00. The highest BCUT2D eigenvalue weighted by molar-refractivity contribution is 6.30. The quantitative estimate of drug-likeness (QED) is 0.891. The smallest absolute Gasteiger partial charge is 0.141 e. The van der Waals surface area contributed by atoms with Crippen LogP contribution in [0.3, 0.4) is 0 Å². The van der Waals surface area contributed by atoms with Gasteiger partial charge in [-0.15, -0.1) is 0 Å². The number of nitrogens with zero attached hydrogens (tertiary/aromatic N) is 1. The molecule has 4 heteroatoms. The molecule has 1 aliphatic rings. The zero-order valence-corrected chi connectivity index (χ0v) is 12.1. The van der Waals surface area contributed by atoms with Crippen molar-refractivity contribution in [2.45, 2.75) is 24.8 Å². The van der Waals surface area contributed by atoms with Gasteiger partial charge < -0.3 is 5.32 Å². The van der Waals surface area contributed by atoms with Gasteiger partial charge in [0, 0.05) is 16.8 Å². The highest BCUT2D eigenvalue weighted by atomic mass is 35.5. The van der Waals surface area contributed by atoms with Crippen LogP contribution in [0.1, 0.15) is 29.9 Å². The van der Waals surface area contributed by atoms with Crippen LogP contribution in [0.4, 0.5) is 10.1 Å². The zero-order chi connectivity index (χ0) is 14.8. The molecule has 3 rings (SSSR count). The Kier molecular flexibility index (Phi) is 3.81. The van der Waals surface area contributed by atoms with Crippen LogP contribution < -0.4 is 5.32 Å². The van der Waals surface area contributed by atoms with Crippen LogP contribution in [0.5, 0.6) is 0 Å². The van der Waals surface area contributed by atoms with E-state index in [0.29, 0.717) is 12.0 Å². The van der Waals surface area contributed by atoms with Crippen molar-refractivity contribution >= 4 is 17.3 Å². The van der Waals surface area contributed by atoms with E-state index in [1.807, 2.05) is 24.3 Å². The third-order valence-electron chi connectivity index (χ3n) is 3.92. The van der Waals surface area contributed by atoms with Crippen LogP contribution in [-0.2, 0) is 0 Å². The van der Waals surface area contributed by atoms with Gasteiger partial charge >= 0.3 is 0 Å². The maximum atomic E-state index is 13.3. The van der Waals surface area contributed by atoms with Crippen molar-refractivity contribution in [2.24, 2.45) is 0 Å². The Labute approximate surface area is 128 Å². The molecule has 2 nitrogen and oxygen atoms in total. The molecule has 1 aliphatic carbocycles. The van der Waals surface area contributed by atoms with E-state index in [1.165, 1.54) is 11.6 Å². The first-order chi connectivity index (χ1) is 10.2. The SMILES string of the molecule is N#Cc1cc(NC2CC(c3cccc(Cl)c3)C2)ccc1F. The van der Waals surface area contributed by atoms with Gasteiger partial charge in [-0.1, -0.05) is 23.7 Å². The molecule has 106 valence electrons. The number of nitriles is 1. The maximum absolute atomic E-state index is 13.3. The number of hydrogen-bond donors (Lipinski definition) is 1. The molecule has 21 heavy (non-hydrogen) atoms. The molecule has 0 amide bonds. The normalized spacial score (nSPS) is 20.4. The fraction of sp³-hybridized carbons (Fsp3) is 0.235. The van der Waals surface area contributed by atoms with Gasteiger partial charge in [0.1, 0.15) is 11.9 Å². The van der Waals surface area contributed by atoms with Crippen LogP contribution in [-0.4, -0.2) is 6.04 Å². The van der Waals surface area contributed by atoms with Crippen LogP contribution in [0.2, 0.25) is 5.02 Å². The highest BCUT2D eigenvalue weighted by Gasteiger charge is 2.30. The van der Waals surface area contributed by atoms with Gasteiger partial charge in [0.25, 0.3) is 0 Å². The molecule has 1 saturated carbocycles. The highest BCUT2D eigenvalue weighted by Crippen LogP contribution is 2.39. The minimum atomic E-state index is -0.478. The number of rotatable bonds is 3. The summed E-state index contributed by atoms with van der Waals surface area (Å²) in [5, 5.41) is 12.9. The molecule has 0 aromatic heterocycles. The van der Waals surface area contributed by atoms with Crippen molar-refractivity contribution in [3.05, 3.63) is 64.4 Å². The first-order valence-corrected chi connectivity index (χ1v) is 7.25. The Morgan fingerprint density at radius 3 is 2.71 bits per heavy atom. The molecule has 0 atom stereocenters. The second kappa shape index (κ2) is 5.75. The van der Waals surface area contributed by atoms with Crippen LogP contribution in [0.15, 0.2) is 42.5 Å². The van der Waals surface area contributed by atoms with Crippen molar-refractivity contribution in [1.29, 1.82) is 5.26 Å². The van der Waals surface area contributed by atoms with Crippen LogP contribution in [0.25, 0.3) is 0 Å². The summed E-state index contributed by atoms with van der Waals surface area (Å²) in [6.07, 6.45) is 2.03. The molecule has 2 aromatic rings. The summed E-state index contributed by atoms with van der Waals surface area (Å²) in [5.74, 6) is 0.0329. The van der Waals surface area contributed by atoms with Crippen molar-refractivity contribution in [1.82, 2.24) is 0 Å². The van der Waals surface area contributed by atoms with E-state index in [1.54, 1.807) is 12.1 Å². The summed E-state index contributed by atoms with van der Waals surface area (Å²) in [5.41, 5.74) is 2.13. The van der Waals surface area contributed by atoms with Gasteiger partial charge in [0.05, 0.1) is 5.56 Å². The minimum absolute atomic E-state index is 0.0747. The molecule has 2 aromatic carbocycles.